The van der Waals surface area contributed by atoms with Gasteiger partial charge in [0.05, 0.1) is 12.6 Å². The first kappa shape index (κ1) is 19.8. The lowest BCUT2D eigenvalue weighted by atomic mass is 9.87. The van der Waals surface area contributed by atoms with Gasteiger partial charge in [-0.15, -0.1) is 0 Å². The Morgan fingerprint density at radius 2 is 1.96 bits per heavy atom. The Bertz CT molecular complexity index is 693. The van der Waals surface area contributed by atoms with Gasteiger partial charge in [0.15, 0.2) is 0 Å². The zero-order valence-electron chi connectivity index (χ0n) is 16.1. The van der Waals surface area contributed by atoms with Crippen LogP contribution in [-0.4, -0.2) is 24.7 Å². The minimum absolute atomic E-state index is 0.193. The summed E-state index contributed by atoms with van der Waals surface area (Å²) in [4.78, 5) is 24.9. The van der Waals surface area contributed by atoms with Crippen LogP contribution in [0.15, 0.2) is 36.5 Å². The lowest BCUT2D eigenvalue weighted by Gasteiger charge is -2.36. The number of esters is 1. The van der Waals surface area contributed by atoms with Gasteiger partial charge in [-0.25, -0.2) is 4.79 Å². The standard InChI is InChI=1S/C20H28N2O4/c1-7-25-15-11-9-8-10-14(15)17-16(12(2)21-19(24)22-17)18(23)26-13(3)20(4,5)6/h8-11,13,16-17H,2,7H2,1,3-6H3,(H2,21,22,24)/t13-,16+,17-/m0/s1. The fraction of sp³-hybridized carbons (Fsp3) is 0.500. The zero-order valence-corrected chi connectivity index (χ0v) is 16.1. The number of ether oxygens (including phenoxy) is 2. The molecule has 1 heterocycles. The molecule has 1 aromatic rings. The molecular formula is C20H28N2O4. The fourth-order valence-corrected chi connectivity index (χ4v) is 2.67. The van der Waals surface area contributed by atoms with E-state index in [1.165, 1.54) is 0 Å². The topological polar surface area (TPSA) is 76.7 Å². The Labute approximate surface area is 154 Å². The van der Waals surface area contributed by atoms with Crippen LogP contribution in [0.4, 0.5) is 4.79 Å². The van der Waals surface area contributed by atoms with Gasteiger partial charge < -0.3 is 20.1 Å². The summed E-state index contributed by atoms with van der Waals surface area (Å²) in [6, 6.07) is 6.33. The fourth-order valence-electron chi connectivity index (χ4n) is 2.67. The lowest BCUT2D eigenvalue weighted by molar-refractivity contribution is -0.158. The molecule has 1 aliphatic rings. The van der Waals surface area contributed by atoms with Crippen LogP contribution in [0.5, 0.6) is 5.75 Å². The Hall–Kier alpha value is -2.50. The van der Waals surface area contributed by atoms with E-state index in [9.17, 15) is 9.59 Å². The summed E-state index contributed by atoms with van der Waals surface area (Å²) in [7, 11) is 0. The number of urea groups is 1. The normalized spacial score (nSPS) is 21.4. The second kappa shape index (κ2) is 7.81. The van der Waals surface area contributed by atoms with Crippen LogP contribution in [-0.2, 0) is 9.53 Å². The van der Waals surface area contributed by atoms with E-state index in [4.69, 9.17) is 9.47 Å². The van der Waals surface area contributed by atoms with Gasteiger partial charge >= 0.3 is 12.0 Å². The second-order valence-corrected chi connectivity index (χ2v) is 7.50. The Balaban J connectivity index is 2.36. The predicted octanol–water partition coefficient (Wildman–Crippen LogP) is 3.55. The maximum atomic E-state index is 12.9. The van der Waals surface area contributed by atoms with Crippen LogP contribution in [0.2, 0.25) is 0 Å². The number of amides is 2. The van der Waals surface area contributed by atoms with Gasteiger partial charge in [0.25, 0.3) is 0 Å². The van der Waals surface area contributed by atoms with E-state index in [1.807, 2.05) is 58.9 Å². The average Bonchev–Trinajstić information content (AvgIpc) is 2.53. The molecule has 1 aromatic carbocycles. The summed E-state index contributed by atoms with van der Waals surface area (Å²) in [5.41, 5.74) is 0.841. The van der Waals surface area contributed by atoms with E-state index in [-0.39, 0.29) is 11.5 Å². The molecule has 26 heavy (non-hydrogen) atoms. The molecule has 6 heteroatoms. The van der Waals surface area contributed by atoms with E-state index in [1.54, 1.807) is 0 Å². The molecule has 6 nitrogen and oxygen atoms in total. The second-order valence-electron chi connectivity index (χ2n) is 7.50. The van der Waals surface area contributed by atoms with Crippen molar-refractivity contribution in [3.63, 3.8) is 0 Å². The van der Waals surface area contributed by atoms with Gasteiger partial charge in [-0.3, -0.25) is 4.79 Å². The molecule has 2 rings (SSSR count). The Morgan fingerprint density at radius 3 is 2.58 bits per heavy atom. The molecule has 0 aromatic heterocycles. The highest BCUT2D eigenvalue weighted by atomic mass is 16.5. The molecule has 2 N–H and O–H groups in total. The molecule has 1 saturated heterocycles. The number of benzene rings is 1. The summed E-state index contributed by atoms with van der Waals surface area (Å²) < 4.78 is 11.4. The average molecular weight is 360 g/mol. The van der Waals surface area contributed by atoms with Gasteiger partial charge in [-0.1, -0.05) is 45.5 Å². The van der Waals surface area contributed by atoms with Crippen molar-refractivity contribution in [2.75, 3.05) is 6.61 Å². The van der Waals surface area contributed by atoms with Crippen molar-refractivity contribution in [3.05, 3.63) is 42.1 Å². The molecule has 0 radical (unpaired) electrons. The quantitative estimate of drug-likeness (QED) is 0.788. The third-order valence-corrected chi connectivity index (χ3v) is 4.59. The summed E-state index contributed by atoms with van der Waals surface area (Å²) in [6.45, 7) is 14.1. The highest BCUT2D eigenvalue weighted by molar-refractivity contribution is 5.85. The molecule has 0 saturated carbocycles. The zero-order chi connectivity index (χ0) is 19.5. The minimum atomic E-state index is -0.751. The lowest BCUT2D eigenvalue weighted by Crippen LogP contribution is -2.51. The minimum Gasteiger partial charge on any atom is -0.494 e. The van der Waals surface area contributed by atoms with Crippen molar-refractivity contribution >= 4 is 12.0 Å². The molecule has 1 aliphatic heterocycles. The predicted molar refractivity (Wildman–Crippen MR) is 99.7 cm³/mol. The summed E-state index contributed by atoms with van der Waals surface area (Å²) in [5, 5.41) is 5.40. The third kappa shape index (κ3) is 4.36. The van der Waals surface area contributed by atoms with Crippen LogP contribution in [0, 0.1) is 11.3 Å². The van der Waals surface area contributed by atoms with E-state index < -0.39 is 24.0 Å². The number of hydrogen-bond donors (Lipinski definition) is 2. The van der Waals surface area contributed by atoms with Crippen LogP contribution >= 0.6 is 0 Å². The van der Waals surface area contributed by atoms with E-state index in [0.29, 0.717) is 18.1 Å². The monoisotopic (exact) mass is 360 g/mol. The van der Waals surface area contributed by atoms with Gasteiger partial charge in [0.1, 0.15) is 17.8 Å². The van der Waals surface area contributed by atoms with E-state index >= 15 is 0 Å². The van der Waals surface area contributed by atoms with Crippen molar-refractivity contribution in [1.29, 1.82) is 0 Å². The van der Waals surface area contributed by atoms with E-state index in [0.717, 1.165) is 5.56 Å². The molecule has 0 bridgehead atoms. The van der Waals surface area contributed by atoms with Gasteiger partial charge in [0.2, 0.25) is 0 Å². The van der Waals surface area contributed by atoms with Gasteiger partial charge in [-0.2, -0.15) is 0 Å². The number of rotatable bonds is 5. The number of hydrogen-bond acceptors (Lipinski definition) is 4. The molecule has 1 fully saturated rings. The molecule has 0 aliphatic carbocycles. The van der Waals surface area contributed by atoms with Crippen molar-refractivity contribution in [1.82, 2.24) is 10.6 Å². The molecule has 0 spiro atoms. The van der Waals surface area contributed by atoms with Crippen LogP contribution in [0.1, 0.15) is 46.2 Å². The molecule has 2 amide bonds. The number of para-hydroxylation sites is 1. The van der Waals surface area contributed by atoms with Gasteiger partial charge in [0, 0.05) is 11.3 Å². The first-order valence-corrected chi connectivity index (χ1v) is 8.83. The summed E-state index contributed by atoms with van der Waals surface area (Å²) in [5.74, 6) is -0.558. The number of nitrogens with one attached hydrogen (secondary N) is 2. The maximum Gasteiger partial charge on any atom is 0.319 e. The smallest absolute Gasteiger partial charge is 0.319 e. The SMILES string of the molecule is C=C1NC(=O)N[C@@H](c2ccccc2OCC)[C@@H]1C(=O)O[C@@H](C)C(C)(C)C. The largest absolute Gasteiger partial charge is 0.494 e. The summed E-state index contributed by atoms with van der Waals surface area (Å²) in [6.07, 6.45) is -0.289. The van der Waals surface area contributed by atoms with Crippen molar-refractivity contribution < 1.29 is 19.1 Å². The van der Waals surface area contributed by atoms with Crippen molar-refractivity contribution in [2.45, 2.75) is 46.8 Å². The molecule has 3 atom stereocenters. The highest BCUT2D eigenvalue weighted by Gasteiger charge is 2.41. The Morgan fingerprint density at radius 1 is 1.31 bits per heavy atom. The number of carbonyl (C=O) groups excluding carboxylic acids is 2. The highest BCUT2D eigenvalue weighted by Crippen LogP contribution is 2.36. The van der Waals surface area contributed by atoms with Crippen molar-refractivity contribution in [3.8, 4) is 5.75 Å². The number of carbonyl (C=O) groups is 2. The first-order chi connectivity index (χ1) is 12.1. The molecule has 0 unspecified atom stereocenters. The molecule has 142 valence electrons. The Kier molecular flexibility index (Phi) is 5.95. The molecular weight excluding hydrogens is 332 g/mol. The van der Waals surface area contributed by atoms with Crippen LogP contribution in [0.25, 0.3) is 0 Å². The first-order valence-electron chi connectivity index (χ1n) is 8.83. The maximum absolute atomic E-state index is 12.9. The van der Waals surface area contributed by atoms with Crippen molar-refractivity contribution in [2.24, 2.45) is 11.3 Å². The third-order valence-electron chi connectivity index (χ3n) is 4.59. The van der Waals surface area contributed by atoms with Gasteiger partial charge in [-0.05, 0) is 25.3 Å². The van der Waals surface area contributed by atoms with E-state index in [2.05, 4.69) is 17.2 Å². The van der Waals surface area contributed by atoms with Crippen LogP contribution < -0.4 is 15.4 Å². The summed E-state index contributed by atoms with van der Waals surface area (Å²) >= 11 is 0. The van der Waals surface area contributed by atoms with Crippen LogP contribution in [0.3, 0.4) is 0 Å².